The van der Waals surface area contributed by atoms with Crippen LogP contribution in [0.4, 0.5) is 4.79 Å². The van der Waals surface area contributed by atoms with Crippen molar-refractivity contribution < 1.29 is 9.59 Å². The van der Waals surface area contributed by atoms with E-state index in [1.165, 1.54) is 4.68 Å². The zero-order chi connectivity index (χ0) is 12.0. The average Bonchev–Trinajstić information content (AvgIpc) is 2.61. The molecule has 0 aliphatic carbocycles. The summed E-state index contributed by atoms with van der Waals surface area (Å²) in [4.78, 5) is 21.5. The van der Waals surface area contributed by atoms with Gasteiger partial charge in [0.15, 0.2) is 0 Å². The molecule has 0 aliphatic rings. The van der Waals surface area contributed by atoms with Gasteiger partial charge in [-0.05, 0) is 19.4 Å². The number of primary amides is 1. The highest BCUT2D eigenvalue weighted by Crippen LogP contribution is 1.96. The maximum atomic E-state index is 11.1. The van der Waals surface area contributed by atoms with Crippen molar-refractivity contribution in [3.8, 4) is 0 Å². The smallest absolute Gasteiger partial charge is 0.318 e. The minimum Gasteiger partial charge on any atom is -0.351 e. The van der Waals surface area contributed by atoms with Crippen molar-refractivity contribution in [2.45, 2.75) is 19.4 Å². The molecule has 5 N–H and O–H groups in total. The first kappa shape index (κ1) is 12.1. The van der Waals surface area contributed by atoms with Crippen LogP contribution in [0.3, 0.4) is 0 Å². The molecular formula is C8H14N6O2. The molecule has 0 saturated carbocycles. The first-order chi connectivity index (χ1) is 7.61. The molecule has 0 aromatic carbocycles. The van der Waals surface area contributed by atoms with Crippen molar-refractivity contribution in [1.29, 1.82) is 0 Å². The number of amides is 3. The zero-order valence-corrected chi connectivity index (χ0v) is 8.72. The lowest BCUT2D eigenvalue weighted by molar-refractivity contribution is -0.120. The summed E-state index contributed by atoms with van der Waals surface area (Å²) in [7, 11) is 0. The fourth-order valence-corrected chi connectivity index (χ4v) is 1.14. The Labute approximate surface area is 92.0 Å². The van der Waals surface area contributed by atoms with Crippen molar-refractivity contribution in [2.24, 2.45) is 11.5 Å². The van der Waals surface area contributed by atoms with E-state index in [0.29, 0.717) is 13.0 Å². The fourth-order valence-electron chi connectivity index (χ4n) is 1.14. The van der Waals surface area contributed by atoms with Gasteiger partial charge in [-0.25, -0.2) is 9.48 Å². The van der Waals surface area contributed by atoms with Crippen molar-refractivity contribution >= 4 is 11.9 Å². The molecule has 0 aliphatic heterocycles. The van der Waals surface area contributed by atoms with Gasteiger partial charge in [-0.15, -0.1) is 5.10 Å². The van der Waals surface area contributed by atoms with E-state index in [0.717, 1.165) is 12.1 Å². The maximum absolute atomic E-state index is 11.1. The minimum absolute atomic E-state index is 0.0848. The van der Waals surface area contributed by atoms with Crippen LogP contribution in [0.2, 0.25) is 0 Å². The third-order valence-electron chi connectivity index (χ3n) is 1.79. The van der Waals surface area contributed by atoms with E-state index >= 15 is 0 Å². The van der Waals surface area contributed by atoms with Crippen LogP contribution in [-0.2, 0) is 17.8 Å². The molecule has 1 heterocycles. The van der Waals surface area contributed by atoms with Gasteiger partial charge in [-0.1, -0.05) is 5.21 Å². The quantitative estimate of drug-likeness (QED) is 0.554. The van der Waals surface area contributed by atoms with E-state index in [2.05, 4.69) is 10.3 Å². The van der Waals surface area contributed by atoms with Gasteiger partial charge in [0.25, 0.3) is 0 Å². The summed E-state index contributed by atoms with van der Waals surface area (Å²) in [6.07, 6.45) is 3.16. The molecule has 88 valence electrons. The molecule has 1 rings (SSSR count). The van der Waals surface area contributed by atoms with Gasteiger partial charge in [-0.2, -0.15) is 0 Å². The van der Waals surface area contributed by atoms with E-state index in [9.17, 15) is 9.59 Å². The summed E-state index contributed by atoms with van der Waals surface area (Å²) in [6, 6.07) is -0.881. The standard InChI is InChI=1S/C8H14N6O2/c9-3-1-2-6-4-14(13-12-6)5-7(15)11-8(10)16/h4H,1-3,5,9H2,(H3,10,11,15,16). The number of carbonyl (C=O) groups excluding carboxylic acids is 2. The predicted molar refractivity (Wildman–Crippen MR) is 55.1 cm³/mol. The van der Waals surface area contributed by atoms with Crippen LogP contribution in [-0.4, -0.2) is 33.5 Å². The second kappa shape index (κ2) is 5.81. The molecule has 0 radical (unpaired) electrons. The summed E-state index contributed by atoms with van der Waals surface area (Å²) < 4.78 is 1.34. The van der Waals surface area contributed by atoms with Crippen LogP contribution in [0.1, 0.15) is 12.1 Å². The average molecular weight is 226 g/mol. The van der Waals surface area contributed by atoms with Crippen LogP contribution < -0.4 is 16.8 Å². The molecule has 0 unspecified atom stereocenters. The number of nitrogens with zero attached hydrogens (tertiary/aromatic N) is 3. The molecular weight excluding hydrogens is 212 g/mol. The first-order valence-corrected chi connectivity index (χ1v) is 4.80. The Morgan fingerprint density at radius 1 is 1.50 bits per heavy atom. The molecule has 1 aromatic rings. The number of nitrogens with two attached hydrogens (primary N) is 2. The van der Waals surface area contributed by atoms with Crippen molar-refractivity contribution in [1.82, 2.24) is 20.3 Å². The van der Waals surface area contributed by atoms with E-state index in [1.807, 2.05) is 5.32 Å². The molecule has 0 spiro atoms. The summed E-state index contributed by atoms with van der Waals surface area (Å²) >= 11 is 0. The number of aromatic nitrogens is 3. The van der Waals surface area contributed by atoms with Gasteiger partial charge >= 0.3 is 6.03 Å². The number of hydrogen-bond donors (Lipinski definition) is 3. The Morgan fingerprint density at radius 3 is 2.88 bits per heavy atom. The molecule has 0 fully saturated rings. The summed E-state index contributed by atoms with van der Waals surface area (Å²) in [5, 5.41) is 9.51. The molecule has 1 aromatic heterocycles. The number of imide groups is 1. The number of rotatable bonds is 5. The summed E-state index contributed by atoms with van der Waals surface area (Å²) in [5.41, 5.74) is 10.9. The molecule has 0 bridgehead atoms. The van der Waals surface area contributed by atoms with Gasteiger partial charge in [-0.3, -0.25) is 10.1 Å². The number of aryl methyl sites for hydroxylation is 1. The van der Waals surface area contributed by atoms with Gasteiger partial charge < -0.3 is 11.5 Å². The second-order valence-corrected chi connectivity index (χ2v) is 3.21. The third-order valence-corrected chi connectivity index (χ3v) is 1.79. The molecule has 8 heteroatoms. The lowest BCUT2D eigenvalue weighted by atomic mass is 10.2. The summed E-state index contributed by atoms with van der Waals surface area (Å²) in [5.74, 6) is -0.525. The number of urea groups is 1. The summed E-state index contributed by atoms with van der Waals surface area (Å²) in [6.45, 7) is 0.494. The van der Waals surface area contributed by atoms with Crippen LogP contribution in [0.25, 0.3) is 0 Å². The van der Waals surface area contributed by atoms with Crippen molar-refractivity contribution in [2.75, 3.05) is 6.54 Å². The van der Waals surface area contributed by atoms with Crippen LogP contribution in [0, 0.1) is 0 Å². The van der Waals surface area contributed by atoms with E-state index < -0.39 is 11.9 Å². The number of nitrogens with one attached hydrogen (secondary N) is 1. The molecule has 16 heavy (non-hydrogen) atoms. The lowest BCUT2D eigenvalue weighted by Crippen LogP contribution is -2.37. The highest BCUT2D eigenvalue weighted by molar-refractivity contribution is 5.93. The van der Waals surface area contributed by atoms with Gasteiger partial charge in [0.2, 0.25) is 5.91 Å². The Bertz CT molecular complexity index is 374. The molecule has 0 atom stereocenters. The Kier molecular flexibility index (Phi) is 4.40. The molecule has 8 nitrogen and oxygen atoms in total. The number of carbonyl (C=O) groups is 2. The lowest BCUT2D eigenvalue weighted by Gasteiger charge is -1.99. The highest BCUT2D eigenvalue weighted by Gasteiger charge is 2.07. The Morgan fingerprint density at radius 2 is 2.25 bits per heavy atom. The maximum Gasteiger partial charge on any atom is 0.318 e. The topological polar surface area (TPSA) is 129 Å². The van der Waals surface area contributed by atoms with Gasteiger partial charge in [0.05, 0.1) is 5.69 Å². The normalized spacial score (nSPS) is 10.1. The van der Waals surface area contributed by atoms with Gasteiger partial charge in [0, 0.05) is 6.20 Å². The van der Waals surface area contributed by atoms with Crippen LogP contribution in [0.5, 0.6) is 0 Å². The van der Waals surface area contributed by atoms with Crippen molar-refractivity contribution in [3.05, 3.63) is 11.9 Å². The zero-order valence-electron chi connectivity index (χ0n) is 8.72. The fraction of sp³-hybridized carbons (Fsp3) is 0.500. The highest BCUT2D eigenvalue weighted by atomic mass is 16.2. The van der Waals surface area contributed by atoms with Crippen molar-refractivity contribution in [3.63, 3.8) is 0 Å². The van der Waals surface area contributed by atoms with Crippen LogP contribution in [0.15, 0.2) is 6.20 Å². The first-order valence-electron chi connectivity index (χ1n) is 4.80. The second-order valence-electron chi connectivity index (χ2n) is 3.21. The largest absolute Gasteiger partial charge is 0.351 e. The monoisotopic (exact) mass is 226 g/mol. The van der Waals surface area contributed by atoms with Crippen LogP contribution >= 0.6 is 0 Å². The minimum atomic E-state index is -0.881. The number of hydrogen-bond acceptors (Lipinski definition) is 5. The molecule has 0 saturated heterocycles. The Hall–Kier alpha value is -1.96. The Balaban J connectivity index is 2.45. The predicted octanol–water partition coefficient (Wildman–Crippen LogP) is -1.64. The van der Waals surface area contributed by atoms with E-state index in [4.69, 9.17) is 11.5 Å². The molecule has 3 amide bonds. The SMILES string of the molecule is NCCCc1cn(CC(=O)NC(N)=O)nn1. The van der Waals surface area contributed by atoms with Gasteiger partial charge in [0.1, 0.15) is 6.54 Å². The third kappa shape index (κ3) is 4.05. The van der Waals surface area contributed by atoms with E-state index in [1.54, 1.807) is 6.20 Å². The van der Waals surface area contributed by atoms with E-state index in [-0.39, 0.29) is 6.54 Å².